The van der Waals surface area contributed by atoms with Crippen molar-refractivity contribution in [1.29, 1.82) is 0 Å². The van der Waals surface area contributed by atoms with Gasteiger partial charge in [-0.1, -0.05) is 25.5 Å². The Morgan fingerprint density at radius 2 is 1.80 bits per heavy atom. The number of amides is 1. The number of allylic oxidation sites excluding steroid dienone is 1. The highest BCUT2D eigenvalue weighted by Crippen LogP contribution is 2.28. The second kappa shape index (κ2) is 11.2. The van der Waals surface area contributed by atoms with Gasteiger partial charge in [0.1, 0.15) is 5.75 Å². The summed E-state index contributed by atoms with van der Waals surface area (Å²) in [6, 6.07) is 19.0. The Balaban J connectivity index is 1.51. The van der Waals surface area contributed by atoms with Crippen molar-refractivity contribution in [2.24, 2.45) is 0 Å². The van der Waals surface area contributed by atoms with Crippen LogP contribution in [-0.2, 0) is 0 Å². The van der Waals surface area contributed by atoms with E-state index in [2.05, 4.69) is 53.7 Å². The van der Waals surface area contributed by atoms with Crippen LogP contribution in [0.1, 0.15) is 41.3 Å². The second-order valence-electron chi connectivity index (χ2n) is 8.19. The van der Waals surface area contributed by atoms with Crippen molar-refractivity contribution in [2.75, 3.05) is 17.7 Å². The highest BCUT2D eigenvalue weighted by Gasteiger charge is 2.11. The van der Waals surface area contributed by atoms with E-state index in [9.17, 15) is 4.79 Å². The van der Waals surface area contributed by atoms with Crippen molar-refractivity contribution >= 4 is 23.0 Å². The first kappa shape index (κ1) is 23.8. The number of nitrogens with zero attached hydrogens (tertiary/aromatic N) is 1. The minimum atomic E-state index is -0.216. The molecule has 178 valence electrons. The Morgan fingerprint density at radius 3 is 2.46 bits per heavy atom. The maximum absolute atomic E-state index is 12.7. The molecule has 2 N–H and O–H groups in total. The van der Waals surface area contributed by atoms with E-state index < -0.39 is 0 Å². The van der Waals surface area contributed by atoms with E-state index in [1.54, 1.807) is 56.2 Å². The quantitative estimate of drug-likeness (QED) is 0.273. The van der Waals surface area contributed by atoms with E-state index in [-0.39, 0.29) is 5.91 Å². The number of rotatable bonds is 9. The first-order chi connectivity index (χ1) is 17.1. The van der Waals surface area contributed by atoms with Crippen molar-refractivity contribution in [1.82, 2.24) is 4.98 Å². The fraction of sp³-hybridized carbons (Fsp3) is 0.172. The SMILES string of the molecule is CCC/C=C(\Nc1ccc(C)c(-c2ccc(C(=O)Nc3ccc(OC)cc3)cn2)c1)c1ccoc1. The second-order valence-corrected chi connectivity index (χ2v) is 8.19. The average Bonchev–Trinajstić information content (AvgIpc) is 3.43. The molecule has 0 radical (unpaired) electrons. The lowest BCUT2D eigenvalue weighted by molar-refractivity contribution is 0.102. The Labute approximate surface area is 205 Å². The number of nitrogens with one attached hydrogen (secondary N) is 2. The van der Waals surface area contributed by atoms with Crippen LogP contribution in [-0.4, -0.2) is 18.0 Å². The zero-order valence-corrected chi connectivity index (χ0v) is 20.2. The third-order valence-electron chi connectivity index (χ3n) is 5.64. The minimum absolute atomic E-state index is 0.216. The predicted octanol–water partition coefficient (Wildman–Crippen LogP) is 7.16. The van der Waals surface area contributed by atoms with Crippen LogP contribution < -0.4 is 15.4 Å². The third kappa shape index (κ3) is 5.98. The van der Waals surface area contributed by atoms with Crippen molar-refractivity contribution in [3.63, 3.8) is 0 Å². The summed E-state index contributed by atoms with van der Waals surface area (Å²) in [5, 5.41) is 6.40. The number of aryl methyl sites for hydroxylation is 1. The van der Waals surface area contributed by atoms with Gasteiger partial charge < -0.3 is 19.8 Å². The molecule has 35 heavy (non-hydrogen) atoms. The summed E-state index contributed by atoms with van der Waals surface area (Å²) >= 11 is 0. The summed E-state index contributed by atoms with van der Waals surface area (Å²) in [4.78, 5) is 17.2. The Kier molecular flexibility index (Phi) is 7.63. The molecule has 0 unspecified atom stereocenters. The van der Waals surface area contributed by atoms with Gasteiger partial charge in [-0.25, -0.2) is 0 Å². The van der Waals surface area contributed by atoms with Crippen molar-refractivity contribution in [3.8, 4) is 17.0 Å². The van der Waals surface area contributed by atoms with Gasteiger partial charge in [0, 0.05) is 34.4 Å². The van der Waals surface area contributed by atoms with E-state index in [0.717, 1.165) is 52.4 Å². The first-order valence-electron chi connectivity index (χ1n) is 11.6. The van der Waals surface area contributed by atoms with Gasteiger partial charge in [-0.15, -0.1) is 0 Å². The number of anilines is 2. The topological polar surface area (TPSA) is 76.4 Å². The molecule has 1 amide bonds. The fourth-order valence-electron chi connectivity index (χ4n) is 3.64. The first-order valence-corrected chi connectivity index (χ1v) is 11.6. The molecule has 0 fully saturated rings. The summed E-state index contributed by atoms with van der Waals surface area (Å²) in [6.07, 6.45) is 9.22. The summed E-state index contributed by atoms with van der Waals surface area (Å²) in [6.45, 7) is 4.20. The molecule has 4 aromatic rings. The van der Waals surface area contributed by atoms with Gasteiger partial charge >= 0.3 is 0 Å². The molecule has 0 saturated carbocycles. The summed E-state index contributed by atoms with van der Waals surface area (Å²) in [5.74, 6) is 0.519. The van der Waals surface area contributed by atoms with Crippen LogP contribution in [0.4, 0.5) is 11.4 Å². The van der Waals surface area contributed by atoms with Crippen LogP contribution in [0, 0.1) is 6.92 Å². The average molecular weight is 468 g/mol. The highest BCUT2D eigenvalue weighted by molar-refractivity contribution is 6.04. The molecule has 0 saturated heterocycles. The van der Waals surface area contributed by atoms with Crippen LogP contribution in [0.25, 0.3) is 17.0 Å². The van der Waals surface area contributed by atoms with E-state index >= 15 is 0 Å². The molecule has 2 aromatic heterocycles. The Morgan fingerprint density at radius 1 is 1.00 bits per heavy atom. The smallest absolute Gasteiger partial charge is 0.257 e. The maximum Gasteiger partial charge on any atom is 0.257 e. The van der Waals surface area contributed by atoms with Crippen LogP contribution in [0.5, 0.6) is 5.75 Å². The van der Waals surface area contributed by atoms with Gasteiger partial charge in [0.15, 0.2) is 0 Å². The van der Waals surface area contributed by atoms with Gasteiger partial charge in [-0.2, -0.15) is 0 Å². The van der Waals surface area contributed by atoms with Gasteiger partial charge in [-0.05, 0) is 73.5 Å². The number of aromatic nitrogens is 1. The largest absolute Gasteiger partial charge is 0.497 e. The Hall–Kier alpha value is -4.32. The van der Waals surface area contributed by atoms with E-state index in [4.69, 9.17) is 9.15 Å². The number of pyridine rings is 1. The molecular weight excluding hydrogens is 438 g/mol. The number of hydrogen-bond donors (Lipinski definition) is 2. The number of methoxy groups -OCH3 is 1. The molecule has 2 heterocycles. The summed E-state index contributed by atoms with van der Waals surface area (Å²) in [7, 11) is 1.61. The van der Waals surface area contributed by atoms with E-state index in [1.165, 1.54) is 0 Å². The molecule has 0 aliphatic heterocycles. The van der Waals surface area contributed by atoms with Crippen LogP contribution in [0.15, 0.2) is 89.9 Å². The van der Waals surface area contributed by atoms with Gasteiger partial charge in [-0.3, -0.25) is 9.78 Å². The van der Waals surface area contributed by atoms with Crippen LogP contribution in [0.2, 0.25) is 0 Å². The van der Waals surface area contributed by atoms with Gasteiger partial charge in [0.05, 0.1) is 30.9 Å². The monoisotopic (exact) mass is 467 g/mol. The number of furan rings is 1. The highest BCUT2D eigenvalue weighted by atomic mass is 16.5. The predicted molar refractivity (Wildman–Crippen MR) is 141 cm³/mol. The van der Waals surface area contributed by atoms with Crippen molar-refractivity contribution < 1.29 is 13.9 Å². The minimum Gasteiger partial charge on any atom is -0.497 e. The maximum atomic E-state index is 12.7. The zero-order chi connectivity index (χ0) is 24.6. The lowest BCUT2D eigenvalue weighted by Crippen LogP contribution is -2.12. The molecule has 4 rings (SSSR count). The molecule has 0 aliphatic carbocycles. The number of hydrogen-bond acceptors (Lipinski definition) is 5. The molecule has 2 aromatic carbocycles. The standard InChI is InChI=1S/C29H29N3O3/c1-4-5-6-27(22-15-16-35-19-22)31-24-9-7-20(2)26(17-24)28-14-8-21(18-30-28)29(33)32-23-10-12-25(34-3)13-11-23/h6-19,31H,4-5H2,1-3H3,(H,32,33)/b27-6-. The molecule has 0 spiro atoms. The molecular formula is C29H29N3O3. The number of carbonyl (C=O) groups excluding carboxylic acids is 1. The summed E-state index contributed by atoms with van der Waals surface area (Å²) in [5.41, 5.74) is 7.05. The number of ether oxygens (including phenoxy) is 1. The van der Waals surface area contributed by atoms with Crippen LogP contribution in [0.3, 0.4) is 0 Å². The lowest BCUT2D eigenvalue weighted by Gasteiger charge is -2.13. The van der Waals surface area contributed by atoms with Crippen molar-refractivity contribution in [2.45, 2.75) is 26.7 Å². The summed E-state index contributed by atoms with van der Waals surface area (Å²) < 4.78 is 10.4. The normalized spacial score (nSPS) is 11.2. The van der Waals surface area contributed by atoms with E-state index in [1.807, 2.05) is 12.1 Å². The molecule has 6 nitrogen and oxygen atoms in total. The van der Waals surface area contributed by atoms with Gasteiger partial charge in [0.25, 0.3) is 5.91 Å². The fourth-order valence-corrected chi connectivity index (χ4v) is 3.64. The molecule has 0 aliphatic rings. The number of unbranched alkanes of at least 4 members (excludes halogenated alkanes) is 1. The number of benzene rings is 2. The Bertz CT molecular complexity index is 1290. The molecule has 6 heteroatoms. The van der Waals surface area contributed by atoms with Gasteiger partial charge in [0.2, 0.25) is 0 Å². The lowest BCUT2D eigenvalue weighted by atomic mass is 10.0. The van der Waals surface area contributed by atoms with E-state index in [0.29, 0.717) is 11.3 Å². The molecule has 0 atom stereocenters. The van der Waals surface area contributed by atoms with Crippen molar-refractivity contribution in [3.05, 3.63) is 102 Å². The molecule has 0 bridgehead atoms. The van der Waals surface area contributed by atoms with Crippen LogP contribution >= 0.6 is 0 Å². The number of carbonyl (C=O) groups is 1. The zero-order valence-electron chi connectivity index (χ0n) is 20.2. The third-order valence-corrected chi connectivity index (χ3v) is 5.64.